The Kier molecular flexibility index (Phi) is 2.60. The lowest BCUT2D eigenvalue weighted by atomic mass is 10.1. The largest absolute Gasteiger partial charge is 0.357 e. The molecule has 0 bridgehead atoms. The zero-order valence-corrected chi connectivity index (χ0v) is 9.45. The molecule has 0 saturated heterocycles. The van der Waals surface area contributed by atoms with Crippen molar-refractivity contribution in [1.29, 1.82) is 0 Å². The van der Waals surface area contributed by atoms with Gasteiger partial charge in [0, 0.05) is 19.7 Å². The van der Waals surface area contributed by atoms with Crippen LogP contribution in [0.3, 0.4) is 0 Å². The van der Waals surface area contributed by atoms with Gasteiger partial charge in [0.1, 0.15) is 5.82 Å². The highest BCUT2D eigenvalue weighted by molar-refractivity contribution is 5.61. The molecule has 2 aromatic rings. The number of benzene rings is 1. The van der Waals surface area contributed by atoms with Crippen molar-refractivity contribution in [2.75, 3.05) is 12.4 Å². The lowest BCUT2D eigenvalue weighted by molar-refractivity contribution is 0.627. The molecule has 5 heteroatoms. The molecule has 4 nitrogen and oxygen atoms in total. The Morgan fingerprint density at radius 2 is 2.06 bits per heavy atom. The van der Waals surface area contributed by atoms with Crippen molar-refractivity contribution in [1.82, 2.24) is 14.8 Å². The number of aryl methyl sites for hydroxylation is 1. The molecule has 1 aromatic heterocycles. The minimum Gasteiger partial charge on any atom is -0.357 e. The molecule has 0 atom stereocenters. The Balaban J connectivity index is 2.58. The van der Waals surface area contributed by atoms with Gasteiger partial charge >= 0.3 is 0 Å². The number of hydrogen-bond donors (Lipinski definition) is 1. The molecule has 1 heterocycles. The molecule has 0 aliphatic rings. The summed E-state index contributed by atoms with van der Waals surface area (Å²) in [7, 11) is 3.61. The van der Waals surface area contributed by atoms with Crippen LogP contribution >= 0.6 is 0 Å². The van der Waals surface area contributed by atoms with E-state index in [9.17, 15) is 4.39 Å². The Morgan fingerprint density at radius 1 is 1.31 bits per heavy atom. The standard InChI is InChI=1S/C11H13FN4/c1-7-4-5-8(12)6-9(7)10-14-15-11(13-2)16(10)3/h4-6H,1-3H3,(H,13,15). The van der Waals surface area contributed by atoms with E-state index in [0.717, 1.165) is 11.1 Å². The highest BCUT2D eigenvalue weighted by Crippen LogP contribution is 2.23. The number of halogens is 1. The SMILES string of the molecule is CNc1nnc(-c2cc(F)ccc2C)n1C. The van der Waals surface area contributed by atoms with Crippen molar-refractivity contribution in [3.63, 3.8) is 0 Å². The number of aromatic nitrogens is 3. The Hall–Kier alpha value is -1.91. The van der Waals surface area contributed by atoms with Crippen LogP contribution in [-0.2, 0) is 7.05 Å². The van der Waals surface area contributed by atoms with Crippen LogP contribution in [0.5, 0.6) is 0 Å². The fourth-order valence-corrected chi connectivity index (χ4v) is 1.62. The van der Waals surface area contributed by atoms with Gasteiger partial charge in [0.15, 0.2) is 5.82 Å². The molecule has 84 valence electrons. The maximum absolute atomic E-state index is 13.2. The monoisotopic (exact) mass is 220 g/mol. The summed E-state index contributed by atoms with van der Waals surface area (Å²) in [5.41, 5.74) is 1.73. The molecule has 0 spiro atoms. The molecule has 0 radical (unpaired) electrons. The fraction of sp³-hybridized carbons (Fsp3) is 0.273. The molecular formula is C11H13FN4. The number of anilines is 1. The maximum atomic E-state index is 13.2. The average molecular weight is 220 g/mol. The predicted octanol–water partition coefficient (Wildman–Crippen LogP) is 1.97. The van der Waals surface area contributed by atoms with E-state index in [0.29, 0.717) is 11.8 Å². The van der Waals surface area contributed by atoms with E-state index in [-0.39, 0.29) is 5.82 Å². The van der Waals surface area contributed by atoms with E-state index in [1.165, 1.54) is 12.1 Å². The normalized spacial score (nSPS) is 10.5. The van der Waals surface area contributed by atoms with E-state index in [1.54, 1.807) is 17.7 Å². The van der Waals surface area contributed by atoms with Crippen LogP contribution in [0.25, 0.3) is 11.4 Å². The lowest BCUT2D eigenvalue weighted by Crippen LogP contribution is -2.00. The van der Waals surface area contributed by atoms with Gasteiger partial charge in [-0.05, 0) is 24.6 Å². The first kappa shape index (κ1) is 10.6. The molecule has 1 aromatic carbocycles. The van der Waals surface area contributed by atoms with Crippen LogP contribution in [0.15, 0.2) is 18.2 Å². The van der Waals surface area contributed by atoms with E-state index in [2.05, 4.69) is 15.5 Å². The molecule has 0 fully saturated rings. The molecule has 0 unspecified atom stereocenters. The Morgan fingerprint density at radius 3 is 2.69 bits per heavy atom. The maximum Gasteiger partial charge on any atom is 0.224 e. The van der Waals surface area contributed by atoms with Gasteiger partial charge in [-0.1, -0.05) is 6.07 Å². The van der Waals surface area contributed by atoms with Gasteiger partial charge in [0.25, 0.3) is 0 Å². The Labute approximate surface area is 93.1 Å². The van der Waals surface area contributed by atoms with Crippen LogP contribution in [0.1, 0.15) is 5.56 Å². The van der Waals surface area contributed by atoms with Crippen molar-refractivity contribution in [2.45, 2.75) is 6.92 Å². The Bertz CT molecular complexity index is 519. The van der Waals surface area contributed by atoms with E-state index >= 15 is 0 Å². The summed E-state index contributed by atoms with van der Waals surface area (Å²) in [6.07, 6.45) is 0. The minimum absolute atomic E-state index is 0.269. The molecular weight excluding hydrogens is 207 g/mol. The van der Waals surface area contributed by atoms with Crippen molar-refractivity contribution in [3.05, 3.63) is 29.6 Å². The van der Waals surface area contributed by atoms with Crippen molar-refractivity contribution in [2.24, 2.45) is 7.05 Å². The van der Waals surface area contributed by atoms with Crippen molar-refractivity contribution < 1.29 is 4.39 Å². The zero-order valence-electron chi connectivity index (χ0n) is 9.45. The second-order valence-electron chi connectivity index (χ2n) is 3.62. The van der Waals surface area contributed by atoms with Gasteiger partial charge in [0.2, 0.25) is 5.95 Å². The fourth-order valence-electron chi connectivity index (χ4n) is 1.62. The highest BCUT2D eigenvalue weighted by Gasteiger charge is 2.12. The van der Waals surface area contributed by atoms with Gasteiger partial charge in [-0.25, -0.2) is 4.39 Å². The quantitative estimate of drug-likeness (QED) is 0.841. The van der Waals surface area contributed by atoms with Crippen LogP contribution < -0.4 is 5.32 Å². The summed E-state index contributed by atoms with van der Waals surface area (Å²) >= 11 is 0. The smallest absolute Gasteiger partial charge is 0.224 e. The topological polar surface area (TPSA) is 42.7 Å². The summed E-state index contributed by atoms with van der Waals surface area (Å²) < 4.78 is 15.0. The van der Waals surface area contributed by atoms with Crippen LogP contribution in [0.4, 0.5) is 10.3 Å². The average Bonchev–Trinajstić information content (AvgIpc) is 2.63. The summed E-state index contributed by atoms with van der Waals surface area (Å²) in [6.45, 7) is 1.92. The van der Waals surface area contributed by atoms with Gasteiger partial charge in [0.05, 0.1) is 0 Å². The third-order valence-electron chi connectivity index (χ3n) is 2.54. The van der Waals surface area contributed by atoms with E-state index in [4.69, 9.17) is 0 Å². The van der Waals surface area contributed by atoms with Gasteiger partial charge in [-0.15, -0.1) is 10.2 Å². The second kappa shape index (κ2) is 3.92. The predicted molar refractivity (Wildman–Crippen MR) is 60.7 cm³/mol. The van der Waals surface area contributed by atoms with Crippen molar-refractivity contribution in [3.8, 4) is 11.4 Å². The van der Waals surface area contributed by atoms with Gasteiger partial charge < -0.3 is 5.32 Å². The summed E-state index contributed by atoms with van der Waals surface area (Å²) in [4.78, 5) is 0. The second-order valence-corrected chi connectivity index (χ2v) is 3.62. The van der Waals surface area contributed by atoms with Crippen LogP contribution in [0.2, 0.25) is 0 Å². The lowest BCUT2D eigenvalue weighted by Gasteiger charge is -2.06. The summed E-state index contributed by atoms with van der Waals surface area (Å²) in [5, 5.41) is 10.9. The van der Waals surface area contributed by atoms with Crippen LogP contribution in [0, 0.1) is 12.7 Å². The number of rotatable bonds is 2. The molecule has 1 N–H and O–H groups in total. The molecule has 0 aliphatic heterocycles. The first-order chi connectivity index (χ1) is 7.63. The number of nitrogens with zero attached hydrogens (tertiary/aromatic N) is 3. The van der Waals surface area contributed by atoms with Crippen molar-refractivity contribution >= 4 is 5.95 Å². The summed E-state index contributed by atoms with van der Waals surface area (Å²) in [5.74, 6) is 1.04. The third-order valence-corrected chi connectivity index (χ3v) is 2.54. The van der Waals surface area contributed by atoms with Gasteiger partial charge in [-0.3, -0.25) is 4.57 Å². The molecule has 0 aliphatic carbocycles. The van der Waals surface area contributed by atoms with Crippen LogP contribution in [-0.4, -0.2) is 21.8 Å². The molecule has 0 saturated carbocycles. The first-order valence-corrected chi connectivity index (χ1v) is 4.97. The van der Waals surface area contributed by atoms with Gasteiger partial charge in [-0.2, -0.15) is 0 Å². The van der Waals surface area contributed by atoms with E-state index < -0.39 is 0 Å². The number of hydrogen-bond acceptors (Lipinski definition) is 3. The number of nitrogens with one attached hydrogen (secondary N) is 1. The summed E-state index contributed by atoms with van der Waals surface area (Å²) in [6, 6.07) is 4.64. The highest BCUT2D eigenvalue weighted by atomic mass is 19.1. The zero-order chi connectivity index (χ0) is 11.7. The van der Waals surface area contributed by atoms with E-state index in [1.807, 2.05) is 14.0 Å². The third kappa shape index (κ3) is 1.64. The molecule has 16 heavy (non-hydrogen) atoms. The minimum atomic E-state index is -0.269. The molecule has 0 amide bonds. The first-order valence-electron chi connectivity index (χ1n) is 4.97. The molecule has 2 rings (SSSR count).